The molecule has 0 spiro atoms. The van der Waals surface area contributed by atoms with E-state index in [0.717, 1.165) is 5.69 Å². The number of carbonyl (C=O) groups is 1. The third-order valence-corrected chi connectivity index (χ3v) is 2.35. The maximum absolute atomic E-state index is 11.3. The van der Waals surface area contributed by atoms with Gasteiger partial charge >= 0.3 is 5.97 Å². The van der Waals surface area contributed by atoms with Crippen LogP contribution in [0.25, 0.3) is 0 Å². The van der Waals surface area contributed by atoms with Gasteiger partial charge in [0.1, 0.15) is 5.60 Å². The summed E-state index contributed by atoms with van der Waals surface area (Å²) in [5, 5.41) is 5.13. The lowest BCUT2D eigenvalue weighted by Gasteiger charge is -2.19. The molecule has 90 valence electrons. The smallest absolute Gasteiger partial charge is 0.307 e. The predicted octanol–water partition coefficient (Wildman–Crippen LogP) is 1.96. The molecule has 0 unspecified atom stereocenters. The van der Waals surface area contributed by atoms with Gasteiger partial charge in [-0.05, 0) is 20.8 Å². The summed E-state index contributed by atoms with van der Waals surface area (Å²) < 4.78 is 5.18. The Balaban J connectivity index is 2.09. The number of thiazole rings is 1. The van der Waals surface area contributed by atoms with Crippen molar-refractivity contribution in [1.29, 1.82) is 0 Å². The molecule has 0 aliphatic rings. The van der Waals surface area contributed by atoms with Crippen LogP contribution in [-0.2, 0) is 16.1 Å². The van der Waals surface area contributed by atoms with Gasteiger partial charge in [0, 0.05) is 18.5 Å². The van der Waals surface area contributed by atoms with Crippen molar-refractivity contribution in [3.05, 3.63) is 16.6 Å². The number of nitrogens with one attached hydrogen (secondary N) is 1. The Labute approximate surface area is 100 Å². The average molecular weight is 242 g/mol. The second kappa shape index (κ2) is 5.96. The van der Waals surface area contributed by atoms with Gasteiger partial charge in [0.25, 0.3) is 0 Å². The van der Waals surface area contributed by atoms with Gasteiger partial charge in [-0.3, -0.25) is 4.79 Å². The molecule has 0 atom stereocenters. The summed E-state index contributed by atoms with van der Waals surface area (Å²) in [6.07, 6.45) is 0.390. The first-order valence-corrected chi connectivity index (χ1v) is 6.21. The molecule has 0 aliphatic carbocycles. The Bertz CT molecular complexity index is 317. The van der Waals surface area contributed by atoms with Crippen LogP contribution in [0, 0.1) is 0 Å². The quantitative estimate of drug-likeness (QED) is 0.633. The van der Waals surface area contributed by atoms with Crippen LogP contribution in [0.3, 0.4) is 0 Å². The standard InChI is InChI=1S/C11H18N2O2S/c1-11(2,3)15-10(14)4-5-12-6-9-7-16-8-13-9/h7-8,12H,4-6H2,1-3H3. The van der Waals surface area contributed by atoms with E-state index < -0.39 is 5.60 Å². The molecule has 1 heterocycles. The maximum Gasteiger partial charge on any atom is 0.307 e. The average Bonchev–Trinajstić information content (AvgIpc) is 2.62. The normalized spacial score (nSPS) is 11.4. The molecule has 5 heteroatoms. The van der Waals surface area contributed by atoms with Crippen LogP contribution in [-0.4, -0.2) is 23.1 Å². The third kappa shape index (κ3) is 5.82. The molecule has 4 nitrogen and oxygen atoms in total. The molecule has 0 bridgehead atoms. The molecule has 1 N–H and O–H groups in total. The van der Waals surface area contributed by atoms with Crippen LogP contribution in [0.2, 0.25) is 0 Å². The fraction of sp³-hybridized carbons (Fsp3) is 0.636. The Morgan fingerprint density at radius 1 is 1.56 bits per heavy atom. The Kier molecular flexibility index (Phi) is 4.89. The van der Waals surface area contributed by atoms with Crippen molar-refractivity contribution in [2.24, 2.45) is 0 Å². The molecule has 0 radical (unpaired) electrons. The van der Waals surface area contributed by atoms with Crippen molar-refractivity contribution in [3.8, 4) is 0 Å². The summed E-state index contributed by atoms with van der Waals surface area (Å²) >= 11 is 1.57. The van der Waals surface area contributed by atoms with Crippen LogP contribution in [0.1, 0.15) is 32.9 Å². The highest BCUT2D eigenvalue weighted by Crippen LogP contribution is 2.07. The van der Waals surface area contributed by atoms with Gasteiger partial charge in [-0.25, -0.2) is 4.98 Å². The third-order valence-electron chi connectivity index (χ3n) is 1.72. The lowest BCUT2D eigenvalue weighted by molar-refractivity contribution is -0.154. The largest absolute Gasteiger partial charge is 0.460 e. The second-order valence-corrected chi connectivity index (χ2v) is 5.21. The fourth-order valence-electron chi connectivity index (χ4n) is 1.12. The molecule has 0 amide bonds. The predicted molar refractivity (Wildman–Crippen MR) is 64.3 cm³/mol. The number of nitrogens with zero attached hydrogens (tertiary/aromatic N) is 1. The minimum absolute atomic E-state index is 0.168. The van der Waals surface area contributed by atoms with Crippen LogP contribution < -0.4 is 5.32 Å². The molecular weight excluding hydrogens is 224 g/mol. The highest BCUT2D eigenvalue weighted by molar-refractivity contribution is 7.07. The molecular formula is C11H18N2O2S. The Morgan fingerprint density at radius 2 is 2.31 bits per heavy atom. The molecule has 0 saturated heterocycles. The highest BCUT2D eigenvalue weighted by Gasteiger charge is 2.15. The van der Waals surface area contributed by atoms with Gasteiger partial charge in [-0.2, -0.15) is 0 Å². The summed E-state index contributed by atoms with van der Waals surface area (Å²) in [5.74, 6) is -0.168. The number of rotatable bonds is 5. The van der Waals surface area contributed by atoms with Crippen molar-refractivity contribution in [3.63, 3.8) is 0 Å². The summed E-state index contributed by atoms with van der Waals surface area (Å²) in [4.78, 5) is 15.5. The number of esters is 1. The topological polar surface area (TPSA) is 51.2 Å². The number of hydrogen-bond acceptors (Lipinski definition) is 5. The Morgan fingerprint density at radius 3 is 2.88 bits per heavy atom. The lowest BCUT2D eigenvalue weighted by Crippen LogP contribution is -2.26. The van der Waals surface area contributed by atoms with Crippen molar-refractivity contribution in [2.75, 3.05) is 6.54 Å². The Hall–Kier alpha value is -0.940. The lowest BCUT2D eigenvalue weighted by atomic mass is 10.2. The minimum Gasteiger partial charge on any atom is -0.460 e. The van der Waals surface area contributed by atoms with Crippen LogP contribution in [0.15, 0.2) is 10.9 Å². The molecule has 0 fully saturated rings. The van der Waals surface area contributed by atoms with Crippen LogP contribution in [0.4, 0.5) is 0 Å². The summed E-state index contributed by atoms with van der Waals surface area (Å²) in [6.45, 7) is 6.92. The van der Waals surface area contributed by atoms with Gasteiger partial charge in [0.2, 0.25) is 0 Å². The van der Waals surface area contributed by atoms with Gasteiger partial charge in [0.15, 0.2) is 0 Å². The van der Waals surface area contributed by atoms with E-state index in [-0.39, 0.29) is 5.97 Å². The molecule has 1 aromatic heterocycles. The van der Waals surface area contributed by atoms with Crippen molar-refractivity contribution < 1.29 is 9.53 Å². The van der Waals surface area contributed by atoms with Gasteiger partial charge in [0.05, 0.1) is 17.6 Å². The highest BCUT2D eigenvalue weighted by atomic mass is 32.1. The van der Waals surface area contributed by atoms with Crippen molar-refractivity contribution in [2.45, 2.75) is 39.3 Å². The number of aromatic nitrogens is 1. The van der Waals surface area contributed by atoms with Crippen molar-refractivity contribution in [1.82, 2.24) is 10.3 Å². The van der Waals surface area contributed by atoms with Crippen molar-refractivity contribution >= 4 is 17.3 Å². The first-order valence-electron chi connectivity index (χ1n) is 5.27. The maximum atomic E-state index is 11.3. The molecule has 0 saturated carbocycles. The van der Waals surface area contributed by atoms with E-state index in [1.807, 2.05) is 26.2 Å². The van der Waals surface area contributed by atoms with Crippen LogP contribution >= 0.6 is 11.3 Å². The summed E-state index contributed by atoms with van der Waals surface area (Å²) in [6, 6.07) is 0. The van der Waals surface area contributed by atoms with E-state index in [1.54, 1.807) is 16.8 Å². The van der Waals surface area contributed by atoms with Gasteiger partial charge in [-0.15, -0.1) is 11.3 Å². The second-order valence-electron chi connectivity index (χ2n) is 4.49. The number of carbonyl (C=O) groups excluding carboxylic acids is 1. The van der Waals surface area contributed by atoms with Crippen LogP contribution in [0.5, 0.6) is 0 Å². The molecule has 0 aliphatic heterocycles. The van der Waals surface area contributed by atoms with Gasteiger partial charge < -0.3 is 10.1 Å². The van der Waals surface area contributed by atoms with E-state index in [9.17, 15) is 4.79 Å². The number of hydrogen-bond donors (Lipinski definition) is 1. The first kappa shape index (κ1) is 13.1. The first-order chi connectivity index (χ1) is 7.47. The van der Waals surface area contributed by atoms with E-state index in [4.69, 9.17) is 4.74 Å². The zero-order valence-electron chi connectivity index (χ0n) is 9.95. The molecule has 1 aromatic rings. The van der Waals surface area contributed by atoms with E-state index >= 15 is 0 Å². The molecule has 0 aromatic carbocycles. The van der Waals surface area contributed by atoms with E-state index in [1.165, 1.54) is 0 Å². The minimum atomic E-state index is -0.397. The summed E-state index contributed by atoms with van der Waals surface area (Å²) in [5.41, 5.74) is 2.41. The van der Waals surface area contributed by atoms with E-state index in [2.05, 4.69) is 10.3 Å². The molecule has 1 rings (SSSR count). The fourth-order valence-corrected chi connectivity index (χ4v) is 1.68. The monoisotopic (exact) mass is 242 g/mol. The zero-order valence-corrected chi connectivity index (χ0v) is 10.8. The summed E-state index contributed by atoms with van der Waals surface area (Å²) in [7, 11) is 0. The number of ether oxygens (including phenoxy) is 1. The SMILES string of the molecule is CC(C)(C)OC(=O)CCNCc1cscn1. The van der Waals surface area contributed by atoms with E-state index in [0.29, 0.717) is 19.5 Å². The zero-order chi connectivity index (χ0) is 12.0. The molecule has 16 heavy (non-hydrogen) atoms. The van der Waals surface area contributed by atoms with Gasteiger partial charge in [-0.1, -0.05) is 0 Å².